The molecule has 6 nitrogen and oxygen atoms in total. The molecule has 0 aliphatic rings. The normalized spacial score (nSPS) is 10.2. The van der Waals surface area contributed by atoms with Crippen molar-refractivity contribution in [2.45, 2.75) is 26.2 Å². The summed E-state index contributed by atoms with van der Waals surface area (Å²) in [6, 6.07) is 11.8. The van der Waals surface area contributed by atoms with Crippen LogP contribution >= 0.6 is 23.2 Å². The van der Waals surface area contributed by atoms with Crippen LogP contribution in [0.1, 0.15) is 36.5 Å². The van der Waals surface area contributed by atoms with Crippen molar-refractivity contribution in [1.29, 1.82) is 0 Å². The van der Waals surface area contributed by atoms with E-state index in [9.17, 15) is 9.59 Å². The standard InChI is InChI=1S/C20H22Cl2N2O4/c1-2-11-27-17-7-4-3-6-15(17)20(26)24-23-19(25)8-5-12-28-18-10-9-14(21)13-16(18)22/h3-4,6-7,9-10,13H,2,5,8,11-12H2,1H3,(H,23,25)(H,24,26). The van der Waals surface area contributed by atoms with Crippen LogP contribution in [0.5, 0.6) is 11.5 Å². The Balaban J connectivity index is 1.73. The van der Waals surface area contributed by atoms with Gasteiger partial charge in [-0.1, -0.05) is 42.3 Å². The first-order valence-corrected chi connectivity index (χ1v) is 9.65. The second-order valence-corrected chi connectivity index (χ2v) is 6.72. The highest BCUT2D eigenvalue weighted by Gasteiger charge is 2.13. The van der Waals surface area contributed by atoms with Crippen LogP contribution in [0.3, 0.4) is 0 Å². The highest BCUT2D eigenvalue weighted by molar-refractivity contribution is 6.35. The van der Waals surface area contributed by atoms with Gasteiger partial charge in [-0.25, -0.2) is 0 Å². The molecule has 0 aliphatic carbocycles. The van der Waals surface area contributed by atoms with Crippen molar-refractivity contribution in [2.75, 3.05) is 13.2 Å². The van der Waals surface area contributed by atoms with Gasteiger partial charge in [0.2, 0.25) is 5.91 Å². The van der Waals surface area contributed by atoms with Gasteiger partial charge in [0.1, 0.15) is 11.5 Å². The van der Waals surface area contributed by atoms with Gasteiger partial charge in [0.25, 0.3) is 5.91 Å². The number of carbonyl (C=O) groups excluding carboxylic acids is 2. The minimum absolute atomic E-state index is 0.180. The summed E-state index contributed by atoms with van der Waals surface area (Å²) in [5.74, 6) is 0.211. The van der Waals surface area contributed by atoms with Crippen LogP contribution in [0.4, 0.5) is 0 Å². The van der Waals surface area contributed by atoms with Crippen molar-refractivity contribution in [3.05, 3.63) is 58.1 Å². The van der Waals surface area contributed by atoms with Crippen molar-refractivity contribution in [3.63, 3.8) is 0 Å². The molecule has 28 heavy (non-hydrogen) atoms. The Kier molecular flexibility index (Phi) is 8.91. The molecular formula is C20H22Cl2N2O4. The molecule has 2 rings (SSSR count). The lowest BCUT2D eigenvalue weighted by molar-refractivity contribution is -0.122. The van der Waals surface area contributed by atoms with E-state index in [1.54, 1.807) is 42.5 Å². The Hall–Kier alpha value is -2.44. The molecule has 2 aromatic carbocycles. The average Bonchev–Trinajstić information content (AvgIpc) is 2.69. The third kappa shape index (κ3) is 6.94. The molecule has 0 aromatic heterocycles. The van der Waals surface area contributed by atoms with E-state index in [0.717, 1.165) is 6.42 Å². The number of halogens is 2. The van der Waals surface area contributed by atoms with E-state index in [0.29, 0.717) is 46.7 Å². The summed E-state index contributed by atoms with van der Waals surface area (Å²) in [5, 5.41) is 0.933. The van der Waals surface area contributed by atoms with Crippen LogP contribution in [0, 0.1) is 0 Å². The first kappa shape index (κ1) is 21.9. The van der Waals surface area contributed by atoms with E-state index in [1.165, 1.54) is 0 Å². The number of carbonyl (C=O) groups is 2. The maximum Gasteiger partial charge on any atom is 0.273 e. The lowest BCUT2D eigenvalue weighted by Gasteiger charge is -2.12. The zero-order valence-corrected chi connectivity index (χ0v) is 17.0. The number of para-hydroxylation sites is 1. The molecule has 0 spiro atoms. The molecule has 0 heterocycles. The molecular weight excluding hydrogens is 403 g/mol. The molecule has 0 aliphatic heterocycles. The molecule has 0 saturated heterocycles. The fourth-order valence-electron chi connectivity index (χ4n) is 2.26. The Morgan fingerprint density at radius 3 is 2.46 bits per heavy atom. The van der Waals surface area contributed by atoms with E-state index >= 15 is 0 Å². The summed E-state index contributed by atoms with van der Waals surface area (Å²) >= 11 is 11.8. The fourth-order valence-corrected chi connectivity index (χ4v) is 2.72. The number of hydrazine groups is 1. The quantitative estimate of drug-likeness (QED) is 0.461. The first-order valence-electron chi connectivity index (χ1n) is 8.90. The highest BCUT2D eigenvalue weighted by atomic mass is 35.5. The number of amides is 2. The van der Waals surface area contributed by atoms with Crippen LogP contribution in [-0.4, -0.2) is 25.0 Å². The molecule has 0 fully saturated rings. The molecule has 0 saturated carbocycles. The zero-order valence-electron chi connectivity index (χ0n) is 15.5. The van der Waals surface area contributed by atoms with Gasteiger partial charge in [-0.2, -0.15) is 0 Å². The number of rotatable bonds is 9. The van der Waals surface area contributed by atoms with Crippen LogP contribution in [0.25, 0.3) is 0 Å². The van der Waals surface area contributed by atoms with Crippen molar-refractivity contribution >= 4 is 35.0 Å². The Morgan fingerprint density at radius 1 is 0.964 bits per heavy atom. The minimum Gasteiger partial charge on any atom is -0.493 e. The molecule has 0 atom stereocenters. The Bertz CT molecular complexity index is 815. The summed E-state index contributed by atoms with van der Waals surface area (Å²) < 4.78 is 11.1. The van der Waals surface area contributed by atoms with E-state index in [-0.39, 0.29) is 12.3 Å². The smallest absolute Gasteiger partial charge is 0.273 e. The van der Waals surface area contributed by atoms with E-state index in [2.05, 4.69) is 10.9 Å². The van der Waals surface area contributed by atoms with Crippen LogP contribution < -0.4 is 20.3 Å². The van der Waals surface area contributed by atoms with E-state index in [4.69, 9.17) is 32.7 Å². The molecule has 2 amide bonds. The second-order valence-electron chi connectivity index (χ2n) is 5.87. The molecule has 2 aromatic rings. The van der Waals surface area contributed by atoms with E-state index < -0.39 is 5.91 Å². The van der Waals surface area contributed by atoms with Crippen molar-refractivity contribution in [2.24, 2.45) is 0 Å². The summed E-state index contributed by atoms with van der Waals surface area (Å²) in [7, 11) is 0. The lowest BCUT2D eigenvalue weighted by atomic mass is 10.2. The minimum atomic E-state index is -0.441. The Labute approximate surface area is 174 Å². The highest BCUT2D eigenvalue weighted by Crippen LogP contribution is 2.27. The summed E-state index contributed by atoms with van der Waals surface area (Å²) in [4.78, 5) is 24.2. The van der Waals surface area contributed by atoms with Crippen molar-refractivity contribution in [1.82, 2.24) is 10.9 Å². The molecule has 0 unspecified atom stereocenters. The van der Waals surface area contributed by atoms with Crippen LogP contribution in [-0.2, 0) is 4.79 Å². The zero-order chi connectivity index (χ0) is 20.4. The number of hydrogen-bond acceptors (Lipinski definition) is 4. The predicted molar refractivity (Wildman–Crippen MR) is 109 cm³/mol. The average molecular weight is 425 g/mol. The number of ether oxygens (including phenoxy) is 2. The van der Waals surface area contributed by atoms with Gasteiger partial charge in [0.15, 0.2) is 0 Å². The SMILES string of the molecule is CCCOc1ccccc1C(=O)NNC(=O)CCCOc1ccc(Cl)cc1Cl. The first-order chi connectivity index (χ1) is 13.5. The lowest BCUT2D eigenvalue weighted by Crippen LogP contribution is -2.41. The number of benzene rings is 2. The van der Waals surface area contributed by atoms with Gasteiger partial charge in [-0.3, -0.25) is 20.4 Å². The Morgan fingerprint density at radius 2 is 1.71 bits per heavy atom. The molecule has 0 radical (unpaired) electrons. The fraction of sp³-hybridized carbons (Fsp3) is 0.300. The monoisotopic (exact) mass is 424 g/mol. The van der Waals surface area contributed by atoms with Gasteiger partial charge in [0, 0.05) is 11.4 Å². The predicted octanol–water partition coefficient (Wildman–Crippen LogP) is 4.40. The summed E-state index contributed by atoms with van der Waals surface area (Å²) in [5.41, 5.74) is 5.14. The largest absolute Gasteiger partial charge is 0.493 e. The van der Waals surface area contributed by atoms with Gasteiger partial charge < -0.3 is 9.47 Å². The maximum atomic E-state index is 12.3. The van der Waals surface area contributed by atoms with Crippen molar-refractivity contribution in [3.8, 4) is 11.5 Å². The van der Waals surface area contributed by atoms with Gasteiger partial charge >= 0.3 is 0 Å². The van der Waals surface area contributed by atoms with Crippen LogP contribution in [0.2, 0.25) is 10.0 Å². The summed E-state index contributed by atoms with van der Waals surface area (Å²) in [6.45, 7) is 2.79. The molecule has 8 heteroatoms. The third-order valence-electron chi connectivity index (χ3n) is 3.61. The number of nitrogens with one attached hydrogen (secondary N) is 2. The van der Waals surface area contributed by atoms with E-state index in [1.807, 2.05) is 6.92 Å². The molecule has 2 N–H and O–H groups in total. The molecule has 0 bridgehead atoms. The maximum absolute atomic E-state index is 12.3. The second kappa shape index (κ2) is 11.4. The van der Waals surface area contributed by atoms with Crippen LogP contribution in [0.15, 0.2) is 42.5 Å². The van der Waals surface area contributed by atoms with Gasteiger partial charge in [-0.15, -0.1) is 0 Å². The summed E-state index contributed by atoms with van der Waals surface area (Å²) in [6.07, 6.45) is 1.46. The number of hydrogen-bond donors (Lipinski definition) is 2. The molecule has 150 valence electrons. The topological polar surface area (TPSA) is 76.7 Å². The third-order valence-corrected chi connectivity index (χ3v) is 4.14. The van der Waals surface area contributed by atoms with Gasteiger partial charge in [-0.05, 0) is 43.2 Å². The van der Waals surface area contributed by atoms with Gasteiger partial charge in [0.05, 0.1) is 23.8 Å². The van der Waals surface area contributed by atoms with Crippen molar-refractivity contribution < 1.29 is 19.1 Å².